The molecule has 0 spiro atoms. The van der Waals surface area contributed by atoms with Gasteiger partial charge in [0.25, 0.3) is 0 Å². The highest BCUT2D eigenvalue weighted by Crippen LogP contribution is 2.30. The molecule has 1 aliphatic rings. The van der Waals surface area contributed by atoms with Crippen LogP contribution < -0.4 is 10.2 Å². The zero-order valence-corrected chi connectivity index (χ0v) is 15.2. The molecule has 1 aliphatic heterocycles. The van der Waals surface area contributed by atoms with Crippen LogP contribution in [0.1, 0.15) is 5.56 Å². The molecule has 1 aromatic heterocycles. The van der Waals surface area contributed by atoms with Gasteiger partial charge in [0, 0.05) is 31.9 Å². The third-order valence-corrected chi connectivity index (χ3v) is 5.66. The second-order valence-electron chi connectivity index (χ2n) is 6.30. The van der Waals surface area contributed by atoms with Gasteiger partial charge in [-0.1, -0.05) is 35.6 Å². The number of rotatable bonds is 2. The first kappa shape index (κ1) is 16.8. The Bertz CT molecular complexity index is 950. The molecule has 134 valence electrons. The van der Waals surface area contributed by atoms with E-state index in [0.717, 1.165) is 21.1 Å². The van der Waals surface area contributed by atoms with E-state index < -0.39 is 0 Å². The number of piperazine rings is 1. The number of aryl methyl sites for hydroxylation is 1. The number of carbonyl (C=O) groups is 1. The molecule has 2 amide bonds. The summed E-state index contributed by atoms with van der Waals surface area (Å²) >= 11 is 1.49. The number of carbonyl (C=O) groups excluding carboxylic acids is 1. The number of para-hydroxylation sites is 2. The molecule has 0 atom stereocenters. The van der Waals surface area contributed by atoms with Crippen molar-refractivity contribution in [2.45, 2.75) is 6.92 Å². The Hall–Kier alpha value is -2.67. The fourth-order valence-corrected chi connectivity index (χ4v) is 4.08. The van der Waals surface area contributed by atoms with Crippen LogP contribution in [0.3, 0.4) is 0 Å². The molecule has 3 aromatic rings. The van der Waals surface area contributed by atoms with Gasteiger partial charge < -0.3 is 15.1 Å². The Labute approximate surface area is 155 Å². The van der Waals surface area contributed by atoms with Gasteiger partial charge in [-0.25, -0.2) is 14.2 Å². The van der Waals surface area contributed by atoms with E-state index in [1.165, 1.54) is 17.4 Å². The van der Waals surface area contributed by atoms with Crippen LogP contribution in [0.15, 0.2) is 42.5 Å². The van der Waals surface area contributed by atoms with Crippen LogP contribution in [0.2, 0.25) is 0 Å². The summed E-state index contributed by atoms with van der Waals surface area (Å²) < 4.78 is 14.7. The summed E-state index contributed by atoms with van der Waals surface area (Å²) in [5.74, 6) is -0.291. The molecule has 0 bridgehead atoms. The number of halogens is 1. The molecule has 0 aliphatic carbocycles. The fraction of sp³-hybridized carbons (Fsp3) is 0.263. The lowest BCUT2D eigenvalue weighted by Crippen LogP contribution is -2.50. The number of hydrogen-bond donors (Lipinski definition) is 1. The SMILES string of the molecule is Cc1ccccc1NC(=O)N1CCN(c2nc3c(F)cccc3s2)CC1. The number of hydrogen-bond acceptors (Lipinski definition) is 4. The number of amides is 2. The van der Waals surface area contributed by atoms with E-state index >= 15 is 0 Å². The third-order valence-electron chi connectivity index (χ3n) is 4.58. The van der Waals surface area contributed by atoms with Crippen LogP contribution in [0, 0.1) is 12.7 Å². The molecule has 7 heteroatoms. The topological polar surface area (TPSA) is 48.5 Å². The summed E-state index contributed by atoms with van der Waals surface area (Å²) in [6.07, 6.45) is 0. The summed E-state index contributed by atoms with van der Waals surface area (Å²) in [6, 6.07) is 12.7. The van der Waals surface area contributed by atoms with Crippen molar-refractivity contribution in [1.29, 1.82) is 0 Å². The van der Waals surface area contributed by atoms with Crippen molar-refractivity contribution in [1.82, 2.24) is 9.88 Å². The lowest BCUT2D eigenvalue weighted by Gasteiger charge is -2.34. The maximum absolute atomic E-state index is 13.8. The van der Waals surface area contributed by atoms with E-state index in [0.29, 0.717) is 31.7 Å². The van der Waals surface area contributed by atoms with E-state index in [-0.39, 0.29) is 11.8 Å². The van der Waals surface area contributed by atoms with Crippen molar-refractivity contribution in [2.24, 2.45) is 0 Å². The number of aromatic nitrogens is 1. The molecule has 0 saturated carbocycles. The Balaban J connectivity index is 1.41. The number of nitrogens with zero attached hydrogens (tertiary/aromatic N) is 3. The molecule has 5 nitrogen and oxygen atoms in total. The lowest BCUT2D eigenvalue weighted by atomic mass is 10.2. The van der Waals surface area contributed by atoms with E-state index in [1.54, 1.807) is 11.0 Å². The van der Waals surface area contributed by atoms with Gasteiger partial charge in [-0.15, -0.1) is 0 Å². The first-order valence-corrected chi connectivity index (χ1v) is 9.35. The quantitative estimate of drug-likeness (QED) is 0.739. The van der Waals surface area contributed by atoms with Crippen LogP contribution in [-0.2, 0) is 0 Å². The van der Waals surface area contributed by atoms with Crippen molar-refractivity contribution in [2.75, 3.05) is 36.4 Å². The largest absolute Gasteiger partial charge is 0.345 e. The van der Waals surface area contributed by atoms with Gasteiger partial charge in [-0.05, 0) is 30.7 Å². The molecule has 1 fully saturated rings. The normalized spacial score (nSPS) is 14.7. The van der Waals surface area contributed by atoms with E-state index in [4.69, 9.17) is 0 Å². The molecule has 26 heavy (non-hydrogen) atoms. The van der Waals surface area contributed by atoms with Crippen LogP contribution >= 0.6 is 11.3 Å². The highest BCUT2D eigenvalue weighted by Gasteiger charge is 2.23. The zero-order valence-electron chi connectivity index (χ0n) is 14.4. The minimum absolute atomic E-state index is 0.0886. The maximum atomic E-state index is 13.8. The molecule has 0 unspecified atom stereocenters. The minimum atomic E-state index is -0.291. The number of anilines is 2. The Morgan fingerprint density at radius 2 is 1.88 bits per heavy atom. The molecule has 2 aromatic carbocycles. The van der Waals surface area contributed by atoms with Crippen molar-refractivity contribution in [3.05, 3.63) is 53.8 Å². The summed E-state index contributed by atoms with van der Waals surface area (Å²) in [5.41, 5.74) is 2.30. The van der Waals surface area contributed by atoms with E-state index in [2.05, 4.69) is 15.2 Å². The summed E-state index contributed by atoms with van der Waals surface area (Å²) in [7, 11) is 0. The van der Waals surface area contributed by atoms with E-state index in [1.807, 2.05) is 37.3 Å². The zero-order chi connectivity index (χ0) is 18.1. The maximum Gasteiger partial charge on any atom is 0.321 e. The molecule has 4 rings (SSSR count). The van der Waals surface area contributed by atoms with E-state index in [9.17, 15) is 9.18 Å². The highest BCUT2D eigenvalue weighted by atomic mass is 32.1. The number of benzene rings is 2. The predicted molar refractivity (Wildman–Crippen MR) is 104 cm³/mol. The van der Waals surface area contributed by atoms with Crippen LogP contribution in [0.25, 0.3) is 10.2 Å². The standard InChI is InChI=1S/C19H19FN4OS/c1-13-5-2-3-7-15(13)21-18(25)23-9-11-24(12-10-23)19-22-17-14(20)6-4-8-16(17)26-19/h2-8H,9-12H2,1H3,(H,21,25). The summed E-state index contributed by atoms with van der Waals surface area (Å²) in [6.45, 7) is 4.55. The highest BCUT2D eigenvalue weighted by molar-refractivity contribution is 7.22. The molecule has 1 N–H and O–H groups in total. The van der Waals surface area contributed by atoms with Crippen LogP contribution in [-0.4, -0.2) is 42.1 Å². The van der Waals surface area contributed by atoms with Gasteiger partial charge in [0.2, 0.25) is 0 Å². The molecule has 1 saturated heterocycles. The van der Waals surface area contributed by atoms with Crippen LogP contribution in [0.5, 0.6) is 0 Å². The van der Waals surface area contributed by atoms with Gasteiger partial charge in [0.05, 0.1) is 4.70 Å². The first-order valence-electron chi connectivity index (χ1n) is 8.53. The lowest BCUT2D eigenvalue weighted by molar-refractivity contribution is 0.208. The average Bonchev–Trinajstić information content (AvgIpc) is 3.09. The molecule has 2 heterocycles. The smallest absolute Gasteiger partial charge is 0.321 e. The molecular weight excluding hydrogens is 351 g/mol. The molecular formula is C19H19FN4OS. The Morgan fingerprint density at radius 1 is 1.12 bits per heavy atom. The van der Waals surface area contributed by atoms with Crippen molar-refractivity contribution >= 4 is 38.4 Å². The number of urea groups is 1. The third kappa shape index (κ3) is 3.22. The van der Waals surface area contributed by atoms with Gasteiger partial charge >= 0.3 is 6.03 Å². The Kier molecular flexibility index (Phi) is 4.46. The van der Waals surface area contributed by atoms with Crippen molar-refractivity contribution in [3.63, 3.8) is 0 Å². The minimum Gasteiger partial charge on any atom is -0.345 e. The van der Waals surface area contributed by atoms with Gasteiger partial charge in [-0.2, -0.15) is 0 Å². The second-order valence-corrected chi connectivity index (χ2v) is 7.31. The predicted octanol–water partition coefficient (Wildman–Crippen LogP) is 4.10. The number of fused-ring (bicyclic) bond motifs is 1. The van der Waals surface area contributed by atoms with Gasteiger partial charge in [0.1, 0.15) is 11.3 Å². The van der Waals surface area contributed by atoms with Crippen LogP contribution in [0.4, 0.5) is 20.0 Å². The average molecular weight is 370 g/mol. The summed E-state index contributed by atoms with van der Waals surface area (Å²) in [4.78, 5) is 20.8. The van der Waals surface area contributed by atoms with Gasteiger partial charge in [0.15, 0.2) is 5.13 Å². The van der Waals surface area contributed by atoms with Gasteiger partial charge in [-0.3, -0.25) is 0 Å². The second kappa shape index (κ2) is 6.92. The molecule has 0 radical (unpaired) electrons. The summed E-state index contributed by atoms with van der Waals surface area (Å²) in [5, 5.41) is 3.78. The Morgan fingerprint density at radius 3 is 2.62 bits per heavy atom. The monoisotopic (exact) mass is 370 g/mol. The fourth-order valence-electron chi connectivity index (χ4n) is 3.05. The first-order chi connectivity index (χ1) is 12.6. The van der Waals surface area contributed by atoms with Crippen molar-refractivity contribution in [3.8, 4) is 0 Å². The number of nitrogens with one attached hydrogen (secondary N) is 1. The van der Waals surface area contributed by atoms with Crippen molar-refractivity contribution < 1.29 is 9.18 Å². The number of thiazole rings is 1.